The van der Waals surface area contributed by atoms with E-state index in [1.54, 1.807) is 21.1 Å². The third-order valence-corrected chi connectivity index (χ3v) is 9.31. The molecule has 1 aromatic carbocycles. The van der Waals surface area contributed by atoms with E-state index in [2.05, 4.69) is 35.5 Å². The number of hydrogen-bond acceptors (Lipinski definition) is 7. The predicted octanol–water partition coefficient (Wildman–Crippen LogP) is 1.59. The molecule has 8 nitrogen and oxygen atoms in total. The molecule has 2 aliphatic heterocycles. The lowest BCUT2D eigenvalue weighted by Crippen LogP contribution is -2.80. The Morgan fingerprint density at radius 3 is 2.82 bits per heavy atom. The number of methoxy groups -OCH3 is 2. The first-order valence-electron chi connectivity index (χ1n) is 12.1. The van der Waals surface area contributed by atoms with Crippen LogP contribution in [0.25, 0.3) is 0 Å². The summed E-state index contributed by atoms with van der Waals surface area (Å²) in [6.07, 6.45) is 6.49. The maximum atomic E-state index is 13.6. The molecule has 6 aliphatic rings. The standard InChI is InChI=1S/C26H32N2O6/c1-5-33-19(29)14-27-22(30)16-13-24-8-9-26(16,32-4)23-25(24)10-11-28(2)18(24)12-15-6-7-17(31-3)21(34-23)20(15)25/h6-9,16,18,23H,5,10-14H2,1-4H3,(H,27,30)/t16-,18+,23-,24-,25+,26+/m1/s1. The molecule has 1 N–H and O–H groups in total. The highest BCUT2D eigenvalue weighted by Gasteiger charge is 2.79. The lowest BCUT2D eigenvalue weighted by Gasteiger charge is -2.70. The van der Waals surface area contributed by atoms with E-state index in [4.69, 9.17) is 18.9 Å². The minimum Gasteiger partial charge on any atom is -0.493 e. The van der Waals surface area contributed by atoms with Crippen molar-refractivity contribution in [3.05, 3.63) is 35.4 Å². The molecule has 6 atom stereocenters. The summed E-state index contributed by atoms with van der Waals surface area (Å²) in [6.45, 7) is 2.83. The van der Waals surface area contributed by atoms with Gasteiger partial charge in [-0.2, -0.15) is 0 Å². The van der Waals surface area contributed by atoms with Gasteiger partial charge in [-0.05, 0) is 51.4 Å². The first kappa shape index (κ1) is 21.9. The van der Waals surface area contributed by atoms with Gasteiger partial charge in [0.1, 0.15) is 18.2 Å². The monoisotopic (exact) mass is 468 g/mol. The SMILES string of the molecule is CCOC(=O)CNC(=O)[C@H]1C[C@@]23C=C[C@@]1(OC)[C@@H]1Oc4c(OC)ccc5c4[C@@]12CCN(C)[C@H]3C5. The van der Waals surface area contributed by atoms with Crippen LogP contribution in [0.1, 0.15) is 30.9 Å². The number of ether oxygens (including phenoxy) is 4. The number of likely N-dealkylation sites (N-methyl/N-ethyl adjacent to an activating group) is 1. The minimum atomic E-state index is -0.945. The van der Waals surface area contributed by atoms with Crippen LogP contribution in [0.2, 0.25) is 0 Å². The molecular weight excluding hydrogens is 436 g/mol. The Labute approximate surface area is 199 Å². The van der Waals surface area contributed by atoms with Gasteiger partial charge in [0.25, 0.3) is 0 Å². The highest BCUT2D eigenvalue weighted by Crippen LogP contribution is 2.74. The molecule has 1 saturated heterocycles. The Bertz CT molecular complexity index is 1100. The van der Waals surface area contributed by atoms with Gasteiger partial charge in [0.2, 0.25) is 5.91 Å². The molecule has 0 aromatic heterocycles. The maximum absolute atomic E-state index is 13.6. The average Bonchev–Trinajstić information content (AvgIpc) is 3.22. The van der Waals surface area contributed by atoms with Crippen LogP contribution in [0.3, 0.4) is 0 Å². The van der Waals surface area contributed by atoms with Crippen molar-refractivity contribution in [3.8, 4) is 11.5 Å². The number of hydrogen-bond donors (Lipinski definition) is 1. The van der Waals surface area contributed by atoms with Crippen LogP contribution < -0.4 is 14.8 Å². The highest BCUT2D eigenvalue weighted by atomic mass is 16.6. The van der Waals surface area contributed by atoms with Crippen molar-refractivity contribution in [1.29, 1.82) is 0 Å². The molecule has 4 bridgehead atoms. The van der Waals surface area contributed by atoms with E-state index in [0.29, 0.717) is 6.42 Å². The van der Waals surface area contributed by atoms with Gasteiger partial charge in [-0.3, -0.25) is 9.59 Å². The highest BCUT2D eigenvalue weighted by molar-refractivity contribution is 5.86. The number of piperidine rings is 1. The van der Waals surface area contributed by atoms with Crippen molar-refractivity contribution < 1.29 is 28.5 Å². The van der Waals surface area contributed by atoms with E-state index in [1.807, 2.05) is 6.07 Å². The smallest absolute Gasteiger partial charge is 0.325 e. The van der Waals surface area contributed by atoms with Crippen molar-refractivity contribution in [1.82, 2.24) is 10.2 Å². The first-order valence-corrected chi connectivity index (χ1v) is 12.1. The molecule has 4 aliphatic carbocycles. The fourth-order valence-corrected chi connectivity index (χ4v) is 8.00. The van der Waals surface area contributed by atoms with E-state index in [0.717, 1.165) is 30.9 Å². The van der Waals surface area contributed by atoms with Crippen molar-refractivity contribution in [2.24, 2.45) is 11.3 Å². The van der Waals surface area contributed by atoms with Crippen LogP contribution in [0, 0.1) is 11.3 Å². The number of benzene rings is 1. The summed E-state index contributed by atoms with van der Waals surface area (Å²) in [6, 6.07) is 4.42. The third-order valence-electron chi connectivity index (χ3n) is 9.31. The summed E-state index contributed by atoms with van der Waals surface area (Å²) in [5, 5.41) is 2.81. The zero-order valence-corrected chi connectivity index (χ0v) is 20.2. The van der Waals surface area contributed by atoms with Crippen LogP contribution in [0.15, 0.2) is 24.3 Å². The van der Waals surface area contributed by atoms with Gasteiger partial charge in [-0.25, -0.2) is 0 Å². The molecular formula is C26H32N2O6. The fourth-order valence-electron chi connectivity index (χ4n) is 8.00. The molecule has 2 fully saturated rings. The van der Waals surface area contributed by atoms with Crippen LogP contribution in [-0.4, -0.2) is 75.5 Å². The van der Waals surface area contributed by atoms with Crippen LogP contribution in [0.4, 0.5) is 0 Å². The van der Waals surface area contributed by atoms with Gasteiger partial charge in [0.15, 0.2) is 11.5 Å². The van der Waals surface area contributed by atoms with Gasteiger partial charge < -0.3 is 29.2 Å². The van der Waals surface area contributed by atoms with Crippen molar-refractivity contribution in [2.45, 2.75) is 49.3 Å². The zero-order chi connectivity index (χ0) is 23.9. The van der Waals surface area contributed by atoms with Gasteiger partial charge in [-0.15, -0.1) is 0 Å². The molecule has 1 saturated carbocycles. The third kappa shape index (κ3) is 2.36. The summed E-state index contributed by atoms with van der Waals surface area (Å²) < 4.78 is 23.8. The van der Waals surface area contributed by atoms with Crippen LogP contribution in [-0.2, 0) is 30.9 Å². The fraction of sp³-hybridized carbons (Fsp3) is 0.615. The molecule has 2 heterocycles. The summed E-state index contributed by atoms with van der Waals surface area (Å²) in [7, 11) is 5.51. The number of fused-ring (bicyclic) bond motifs is 1. The Morgan fingerprint density at radius 2 is 2.09 bits per heavy atom. The number of nitrogens with zero attached hydrogens (tertiary/aromatic N) is 1. The molecule has 8 heteroatoms. The summed E-state index contributed by atoms with van der Waals surface area (Å²) in [4.78, 5) is 28.0. The number of carbonyl (C=O) groups is 2. The second-order valence-electron chi connectivity index (χ2n) is 10.3. The number of carbonyl (C=O) groups excluding carboxylic acids is 2. The molecule has 0 radical (unpaired) electrons. The van der Waals surface area contributed by atoms with Crippen molar-refractivity contribution in [3.63, 3.8) is 0 Å². The number of rotatable bonds is 6. The maximum Gasteiger partial charge on any atom is 0.325 e. The van der Waals surface area contributed by atoms with E-state index in [-0.39, 0.29) is 42.0 Å². The normalized spacial score (nSPS) is 38.2. The minimum absolute atomic E-state index is 0.155. The van der Waals surface area contributed by atoms with E-state index in [9.17, 15) is 9.59 Å². The quantitative estimate of drug-likeness (QED) is 0.501. The van der Waals surface area contributed by atoms with E-state index < -0.39 is 17.5 Å². The van der Waals surface area contributed by atoms with Crippen molar-refractivity contribution in [2.75, 3.05) is 41.0 Å². The molecule has 0 unspecified atom stereocenters. The van der Waals surface area contributed by atoms with Crippen LogP contribution >= 0.6 is 0 Å². The van der Waals surface area contributed by atoms with Crippen molar-refractivity contribution >= 4 is 11.9 Å². The van der Waals surface area contributed by atoms with Crippen LogP contribution in [0.5, 0.6) is 11.5 Å². The Balaban J connectivity index is 1.50. The summed E-state index contributed by atoms with van der Waals surface area (Å²) in [5.74, 6) is 0.387. The zero-order valence-electron chi connectivity index (χ0n) is 20.2. The molecule has 34 heavy (non-hydrogen) atoms. The predicted molar refractivity (Wildman–Crippen MR) is 123 cm³/mol. The lowest BCUT2D eigenvalue weighted by atomic mass is 9.37. The second-order valence-corrected chi connectivity index (χ2v) is 10.3. The number of nitrogens with one attached hydrogen (secondary N) is 1. The Hall–Kier alpha value is -2.58. The largest absolute Gasteiger partial charge is 0.493 e. The number of amides is 1. The van der Waals surface area contributed by atoms with Gasteiger partial charge in [0, 0.05) is 24.1 Å². The molecule has 1 amide bonds. The number of esters is 1. The number of likely N-dealkylation sites (tertiary alicyclic amines) is 1. The van der Waals surface area contributed by atoms with E-state index in [1.165, 1.54) is 11.1 Å². The summed E-state index contributed by atoms with van der Waals surface area (Å²) in [5.41, 5.74) is 1.04. The molecule has 182 valence electrons. The Morgan fingerprint density at radius 1 is 1.26 bits per heavy atom. The lowest BCUT2D eigenvalue weighted by molar-refractivity contribution is -0.213. The van der Waals surface area contributed by atoms with Gasteiger partial charge >= 0.3 is 5.97 Å². The first-order chi connectivity index (χ1) is 16.4. The van der Waals surface area contributed by atoms with Gasteiger partial charge in [-0.1, -0.05) is 18.2 Å². The average molecular weight is 469 g/mol. The topological polar surface area (TPSA) is 86.3 Å². The molecule has 7 rings (SSSR count). The molecule has 2 spiro atoms. The van der Waals surface area contributed by atoms with Gasteiger partial charge in [0.05, 0.1) is 25.0 Å². The van der Waals surface area contributed by atoms with E-state index >= 15 is 0 Å². The summed E-state index contributed by atoms with van der Waals surface area (Å²) >= 11 is 0. The second kappa shape index (κ2) is 7.21. The molecule has 1 aromatic rings. The Kier molecular flexibility index (Phi) is 4.65.